The maximum absolute atomic E-state index is 5.05. The van der Waals surface area contributed by atoms with Crippen LogP contribution in [0.15, 0.2) is 0 Å². The summed E-state index contributed by atoms with van der Waals surface area (Å²) < 4.78 is 0. The van der Waals surface area contributed by atoms with Gasteiger partial charge in [0, 0.05) is 52.6 Å². The highest BCUT2D eigenvalue weighted by Gasteiger charge is 2.49. The molecule has 174 valence electrons. The molecule has 0 radical (unpaired) electrons. The zero-order valence-corrected chi connectivity index (χ0v) is 19.9. The van der Waals surface area contributed by atoms with Gasteiger partial charge in [0.2, 0.25) is 0 Å². The maximum atomic E-state index is 5.05. The van der Waals surface area contributed by atoms with E-state index in [1.807, 2.05) is 0 Å². The Balaban J connectivity index is 1.34. The molecule has 0 spiro atoms. The number of H-pyrrole nitrogens is 3. The standard InChI is InChI=1S/C27H33BN6/c1-2-13(1)22-19(23(30-29-22)14-3-4-14)28(20-24(15-5-6-15)31-32-25(20)16-7-8-16)21-26(17-9-10-17)33-34-27(21)18-11-12-18/h13-18H,1-12H2,(H,29,30)(H,31,32)(H,33,34). The van der Waals surface area contributed by atoms with Crippen LogP contribution in [0, 0.1) is 0 Å². The monoisotopic (exact) mass is 452 g/mol. The van der Waals surface area contributed by atoms with E-state index in [0.29, 0.717) is 35.5 Å². The van der Waals surface area contributed by atoms with E-state index in [0.717, 1.165) is 0 Å². The minimum absolute atomic E-state index is 0.250. The van der Waals surface area contributed by atoms with Gasteiger partial charge in [-0.05, 0) is 93.4 Å². The van der Waals surface area contributed by atoms with Gasteiger partial charge in [0.1, 0.15) is 0 Å². The maximum Gasteiger partial charge on any atom is 0.255 e. The highest BCUT2D eigenvalue weighted by atomic mass is 15.2. The van der Waals surface area contributed by atoms with Gasteiger partial charge in [-0.25, -0.2) is 0 Å². The number of aromatic nitrogens is 6. The molecule has 0 aliphatic heterocycles. The molecule has 9 rings (SSSR count). The second-order valence-electron chi connectivity index (χ2n) is 12.4. The Labute approximate surface area is 200 Å². The quantitative estimate of drug-likeness (QED) is 0.434. The molecule has 0 bridgehead atoms. The molecule has 0 amide bonds. The van der Waals surface area contributed by atoms with Crippen molar-refractivity contribution in [2.24, 2.45) is 0 Å². The van der Waals surface area contributed by atoms with E-state index in [9.17, 15) is 0 Å². The zero-order chi connectivity index (χ0) is 22.0. The first kappa shape index (κ1) is 19.0. The fraction of sp³-hybridized carbons (Fsp3) is 0.667. The van der Waals surface area contributed by atoms with Crippen molar-refractivity contribution < 1.29 is 0 Å². The van der Waals surface area contributed by atoms with Crippen LogP contribution in [0.3, 0.4) is 0 Å². The molecule has 7 heteroatoms. The van der Waals surface area contributed by atoms with Crippen LogP contribution in [-0.4, -0.2) is 37.3 Å². The molecule has 6 fully saturated rings. The van der Waals surface area contributed by atoms with Crippen molar-refractivity contribution >= 4 is 23.1 Å². The second-order valence-corrected chi connectivity index (χ2v) is 12.4. The SMILES string of the molecule is C1CC1c1n[nH]c(C2CC2)c1B(c1c(C2CC2)n[nH]c1C1CC1)c1c(C2CC2)n[nH]c1C1CC1. The summed E-state index contributed by atoms with van der Waals surface area (Å²) in [5.41, 5.74) is 13.1. The van der Waals surface area contributed by atoms with Crippen LogP contribution < -0.4 is 16.4 Å². The number of rotatable bonds is 9. The summed E-state index contributed by atoms with van der Waals surface area (Å²) in [5, 5.41) is 26.0. The van der Waals surface area contributed by atoms with Gasteiger partial charge >= 0.3 is 0 Å². The van der Waals surface area contributed by atoms with Gasteiger partial charge in [-0.2, -0.15) is 15.3 Å². The summed E-state index contributed by atoms with van der Waals surface area (Å²) in [7, 11) is 0. The van der Waals surface area contributed by atoms with E-state index >= 15 is 0 Å². The number of hydrogen-bond acceptors (Lipinski definition) is 3. The van der Waals surface area contributed by atoms with Crippen molar-refractivity contribution in [1.82, 2.24) is 30.6 Å². The lowest BCUT2D eigenvalue weighted by Gasteiger charge is -2.21. The van der Waals surface area contributed by atoms with Crippen molar-refractivity contribution in [3.8, 4) is 0 Å². The molecule has 0 atom stereocenters. The molecule has 34 heavy (non-hydrogen) atoms. The summed E-state index contributed by atoms with van der Waals surface area (Å²) in [6.07, 6.45) is 15.6. The Hall–Kier alpha value is -2.31. The third-order valence-corrected chi connectivity index (χ3v) is 9.30. The predicted molar refractivity (Wildman–Crippen MR) is 132 cm³/mol. The van der Waals surface area contributed by atoms with Crippen LogP contribution in [0.5, 0.6) is 0 Å². The average molecular weight is 452 g/mol. The van der Waals surface area contributed by atoms with E-state index in [1.54, 1.807) is 16.4 Å². The highest BCUT2D eigenvalue weighted by Crippen LogP contribution is 2.47. The second kappa shape index (κ2) is 6.67. The van der Waals surface area contributed by atoms with Crippen molar-refractivity contribution in [3.05, 3.63) is 34.2 Å². The Kier molecular flexibility index (Phi) is 3.72. The Morgan fingerprint density at radius 2 is 0.676 bits per heavy atom. The van der Waals surface area contributed by atoms with E-state index < -0.39 is 0 Å². The van der Waals surface area contributed by atoms with Gasteiger partial charge in [0.25, 0.3) is 6.71 Å². The minimum Gasteiger partial charge on any atom is -0.283 e. The molecular formula is C27H33BN6. The molecule has 0 aromatic carbocycles. The van der Waals surface area contributed by atoms with Crippen LogP contribution >= 0.6 is 0 Å². The largest absolute Gasteiger partial charge is 0.283 e. The molecule has 3 N–H and O–H groups in total. The highest BCUT2D eigenvalue weighted by molar-refractivity contribution is 6.97. The molecule has 3 aromatic heterocycles. The first-order chi connectivity index (χ1) is 16.8. The Morgan fingerprint density at radius 3 is 0.912 bits per heavy atom. The summed E-state index contributed by atoms with van der Waals surface area (Å²) in [6.45, 7) is 0.250. The molecule has 0 saturated heterocycles. The number of aromatic amines is 3. The summed E-state index contributed by atoms with van der Waals surface area (Å²) in [5.74, 6) is 3.92. The summed E-state index contributed by atoms with van der Waals surface area (Å²) in [4.78, 5) is 0. The molecule has 3 heterocycles. The summed E-state index contributed by atoms with van der Waals surface area (Å²) in [6, 6.07) is 0. The zero-order valence-electron chi connectivity index (χ0n) is 19.9. The van der Waals surface area contributed by atoms with Crippen LogP contribution in [0.2, 0.25) is 0 Å². The van der Waals surface area contributed by atoms with Crippen molar-refractivity contribution in [2.75, 3.05) is 0 Å². The van der Waals surface area contributed by atoms with Crippen molar-refractivity contribution in [1.29, 1.82) is 0 Å². The van der Waals surface area contributed by atoms with Crippen molar-refractivity contribution in [3.63, 3.8) is 0 Å². The van der Waals surface area contributed by atoms with Gasteiger partial charge in [0.15, 0.2) is 0 Å². The van der Waals surface area contributed by atoms with E-state index in [4.69, 9.17) is 15.3 Å². The third-order valence-electron chi connectivity index (χ3n) is 9.30. The Morgan fingerprint density at radius 1 is 0.412 bits per heavy atom. The molecule has 0 unspecified atom stereocenters. The van der Waals surface area contributed by atoms with Crippen molar-refractivity contribution in [2.45, 2.75) is 113 Å². The van der Waals surface area contributed by atoms with Gasteiger partial charge < -0.3 is 0 Å². The molecular weight excluding hydrogens is 419 g/mol. The van der Waals surface area contributed by atoms with Crippen LogP contribution in [0.25, 0.3) is 0 Å². The lowest BCUT2D eigenvalue weighted by atomic mass is 9.34. The van der Waals surface area contributed by atoms with Gasteiger partial charge in [-0.15, -0.1) is 0 Å². The minimum atomic E-state index is 0.250. The normalized spacial score (nSPS) is 24.7. The fourth-order valence-corrected chi connectivity index (χ4v) is 6.53. The van der Waals surface area contributed by atoms with Crippen LogP contribution in [0.4, 0.5) is 0 Å². The first-order valence-electron chi connectivity index (χ1n) is 14.1. The topological polar surface area (TPSA) is 86.0 Å². The summed E-state index contributed by atoms with van der Waals surface area (Å²) >= 11 is 0. The Bertz CT molecular complexity index is 1030. The van der Waals surface area contributed by atoms with Crippen LogP contribution in [-0.2, 0) is 0 Å². The lowest BCUT2D eigenvalue weighted by Crippen LogP contribution is -2.57. The third kappa shape index (κ3) is 2.97. The van der Waals surface area contributed by atoms with E-state index in [1.165, 1.54) is 111 Å². The fourth-order valence-electron chi connectivity index (χ4n) is 6.53. The first-order valence-corrected chi connectivity index (χ1v) is 14.1. The predicted octanol–water partition coefficient (Wildman–Crippen LogP) is 3.64. The van der Waals surface area contributed by atoms with E-state index in [2.05, 4.69) is 15.3 Å². The molecule has 6 saturated carbocycles. The number of nitrogens with one attached hydrogen (secondary N) is 3. The smallest absolute Gasteiger partial charge is 0.255 e. The van der Waals surface area contributed by atoms with Gasteiger partial charge in [-0.3, -0.25) is 15.3 Å². The molecule has 6 aliphatic rings. The van der Waals surface area contributed by atoms with Crippen LogP contribution in [0.1, 0.15) is 147 Å². The van der Waals surface area contributed by atoms with E-state index in [-0.39, 0.29) is 6.71 Å². The molecule has 3 aromatic rings. The molecule has 6 nitrogen and oxygen atoms in total. The number of nitrogens with zero attached hydrogens (tertiary/aromatic N) is 3. The lowest BCUT2D eigenvalue weighted by molar-refractivity contribution is 0.926. The molecule has 6 aliphatic carbocycles. The number of hydrogen-bond donors (Lipinski definition) is 3. The van der Waals surface area contributed by atoms with Gasteiger partial charge in [0.05, 0.1) is 17.1 Å². The van der Waals surface area contributed by atoms with Gasteiger partial charge in [-0.1, -0.05) is 0 Å². The average Bonchev–Trinajstić information content (AvgIpc) is 3.64.